The molecular formula is C22H36O3. The van der Waals surface area contributed by atoms with Crippen molar-refractivity contribution in [1.29, 1.82) is 0 Å². The molecular weight excluding hydrogens is 312 g/mol. The van der Waals surface area contributed by atoms with Crippen LogP contribution in [0.1, 0.15) is 68.8 Å². The Morgan fingerprint density at radius 1 is 1.08 bits per heavy atom. The van der Waals surface area contributed by atoms with Gasteiger partial charge in [0, 0.05) is 18.8 Å². The molecule has 0 N–H and O–H groups in total. The van der Waals surface area contributed by atoms with Crippen LogP contribution in [0.4, 0.5) is 0 Å². The molecule has 1 aromatic rings. The van der Waals surface area contributed by atoms with Gasteiger partial charge in [0.05, 0.1) is 0 Å². The van der Waals surface area contributed by atoms with E-state index >= 15 is 0 Å². The van der Waals surface area contributed by atoms with Gasteiger partial charge < -0.3 is 9.47 Å². The zero-order valence-corrected chi connectivity index (χ0v) is 16.3. The number of benzene rings is 1. The molecule has 3 nitrogen and oxygen atoms in total. The maximum Gasteiger partial charge on any atom is 0.154 e. The van der Waals surface area contributed by atoms with Gasteiger partial charge in [0.25, 0.3) is 0 Å². The van der Waals surface area contributed by atoms with E-state index in [1.807, 2.05) is 39.0 Å². The van der Waals surface area contributed by atoms with Gasteiger partial charge in [-0.2, -0.15) is 0 Å². The predicted molar refractivity (Wildman–Crippen MR) is 106 cm³/mol. The summed E-state index contributed by atoms with van der Waals surface area (Å²) >= 11 is 0. The standard InChI is InChI=1S/C14H18O.C6H14O2.C2H4/c15-11-14-9-5-4-8-13(14)10-12-6-2-1-3-7-12;1-4-7-6(3)8-5-2;1-2/h4-5,8-9,11-12H,1-3,6-7,10H2;6H,4-5H2,1-3H3;1-2H2. The molecule has 1 aliphatic carbocycles. The van der Waals surface area contributed by atoms with Crippen molar-refractivity contribution in [2.75, 3.05) is 13.2 Å². The van der Waals surface area contributed by atoms with Gasteiger partial charge in [0.1, 0.15) is 6.29 Å². The quantitative estimate of drug-likeness (QED) is 0.353. The lowest BCUT2D eigenvalue weighted by Gasteiger charge is -2.21. The van der Waals surface area contributed by atoms with Gasteiger partial charge >= 0.3 is 0 Å². The van der Waals surface area contributed by atoms with Gasteiger partial charge in [-0.3, -0.25) is 4.79 Å². The molecule has 1 aliphatic rings. The highest BCUT2D eigenvalue weighted by molar-refractivity contribution is 5.77. The second-order valence-electron chi connectivity index (χ2n) is 6.00. The van der Waals surface area contributed by atoms with Crippen LogP contribution >= 0.6 is 0 Å². The second-order valence-corrected chi connectivity index (χ2v) is 6.00. The summed E-state index contributed by atoms with van der Waals surface area (Å²) in [6.07, 6.45) is 8.85. The molecule has 2 rings (SSSR count). The summed E-state index contributed by atoms with van der Waals surface area (Å²) < 4.78 is 10.1. The first-order valence-electron chi connectivity index (χ1n) is 9.47. The number of ether oxygens (including phenoxy) is 2. The topological polar surface area (TPSA) is 35.5 Å². The molecule has 0 unspecified atom stereocenters. The highest BCUT2D eigenvalue weighted by Gasteiger charge is 2.14. The van der Waals surface area contributed by atoms with E-state index in [4.69, 9.17) is 9.47 Å². The molecule has 0 saturated heterocycles. The van der Waals surface area contributed by atoms with Gasteiger partial charge in [0.15, 0.2) is 6.29 Å². The van der Waals surface area contributed by atoms with E-state index in [-0.39, 0.29) is 6.29 Å². The molecule has 0 radical (unpaired) electrons. The number of rotatable bonds is 7. The van der Waals surface area contributed by atoms with Crippen molar-refractivity contribution in [3.05, 3.63) is 48.6 Å². The Morgan fingerprint density at radius 2 is 1.64 bits per heavy atom. The van der Waals surface area contributed by atoms with Crippen molar-refractivity contribution in [2.24, 2.45) is 5.92 Å². The van der Waals surface area contributed by atoms with Crippen molar-refractivity contribution >= 4 is 6.29 Å². The van der Waals surface area contributed by atoms with E-state index in [0.717, 1.165) is 37.4 Å². The molecule has 25 heavy (non-hydrogen) atoms. The first-order valence-corrected chi connectivity index (χ1v) is 9.47. The van der Waals surface area contributed by atoms with Crippen LogP contribution in [0.2, 0.25) is 0 Å². The Hall–Kier alpha value is -1.45. The average Bonchev–Trinajstić information content (AvgIpc) is 2.66. The average molecular weight is 349 g/mol. The van der Waals surface area contributed by atoms with E-state index in [2.05, 4.69) is 19.2 Å². The number of hydrogen-bond acceptors (Lipinski definition) is 3. The lowest BCUT2D eigenvalue weighted by Crippen LogP contribution is -2.11. The summed E-state index contributed by atoms with van der Waals surface area (Å²) in [6.45, 7) is 13.3. The SMILES string of the molecule is C=C.CCOC(C)OCC.O=Cc1ccccc1CC1CCCCC1. The summed E-state index contributed by atoms with van der Waals surface area (Å²) in [6, 6.07) is 7.99. The number of carbonyl (C=O) groups is 1. The number of hydrogen-bond donors (Lipinski definition) is 0. The van der Waals surface area contributed by atoms with Gasteiger partial charge in [-0.05, 0) is 38.7 Å². The van der Waals surface area contributed by atoms with Crippen LogP contribution in [-0.2, 0) is 15.9 Å². The lowest BCUT2D eigenvalue weighted by molar-refractivity contribution is -0.123. The molecule has 0 aromatic heterocycles. The molecule has 1 saturated carbocycles. The molecule has 3 heteroatoms. The maximum absolute atomic E-state index is 10.9. The van der Waals surface area contributed by atoms with Gasteiger partial charge in [0.2, 0.25) is 0 Å². The smallest absolute Gasteiger partial charge is 0.154 e. The third kappa shape index (κ3) is 10.9. The third-order valence-electron chi connectivity index (χ3n) is 4.22. The zero-order valence-electron chi connectivity index (χ0n) is 16.3. The summed E-state index contributed by atoms with van der Waals surface area (Å²) in [5, 5.41) is 0. The molecule has 0 atom stereocenters. The van der Waals surface area contributed by atoms with E-state index in [1.54, 1.807) is 0 Å². The molecule has 1 aromatic carbocycles. The normalized spacial score (nSPS) is 14.1. The van der Waals surface area contributed by atoms with Crippen LogP contribution in [0.15, 0.2) is 37.4 Å². The van der Waals surface area contributed by atoms with Crippen LogP contribution in [0.25, 0.3) is 0 Å². The molecule has 0 spiro atoms. The summed E-state index contributed by atoms with van der Waals surface area (Å²) in [5.74, 6) is 0.805. The van der Waals surface area contributed by atoms with Crippen molar-refractivity contribution in [1.82, 2.24) is 0 Å². The largest absolute Gasteiger partial charge is 0.353 e. The Bertz CT molecular complexity index is 433. The van der Waals surface area contributed by atoms with E-state index in [9.17, 15) is 4.79 Å². The van der Waals surface area contributed by atoms with Crippen molar-refractivity contribution < 1.29 is 14.3 Å². The molecule has 0 bridgehead atoms. The fraction of sp³-hybridized carbons (Fsp3) is 0.591. The van der Waals surface area contributed by atoms with Crippen LogP contribution in [0.3, 0.4) is 0 Å². The van der Waals surface area contributed by atoms with E-state index in [1.165, 1.54) is 37.7 Å². The van der Waals surface area contributed by atoms with Crippen LogP contribution in [-0.4, -0.2) is 25.8 Å². The zero-order chi connectivity index (χ0) is 18.9. The van der Waals surface area contributed by atoms with Crippen molar-refractivity contribution in [3.8, 4) is 0 Å². The maximum atomic E-state index is 10.9. The van der Waals surface area contributed by atoms with Crippen LogP contribution < -0.4 is 0 Å². The monoisotopic (exact) mass is 348 g/mol. The third-order valence-corrected chi connectivity index (χ3v) is 4.22. The predicted octanol–water partition coefficient (Wildman–Crippen LogP) is 5.83. The minimum Gasteiger partial charge on any atom is -0.353 e. The Kier molecular flexibility index (Phi) is 15.1. The summed E-state index contributed by atoms with van der Waals surface area (Å²) in [7, 11) is 0. The Balaban J connectivity index is 0.000000493. The van der Waals surface area contributed by atoms with E-state index < -0.39 is 0 Å². The fourth-order valence-corrected chi connectivity index (χ4v) is 3.05. The summed E-state index contributed by atoms with van der Waals surface area (Å²) in [4.78, 5) is 10.9. The second kappa shape index (κ2) is 16.0. The van der Waals surface area contributed by atoms with Gasteiger partial charge in [-0.25, -0.2) is 0 Å². The van der Waals surface area contributed by atoms with E-state index in [0.29, 0.717) is 0 Å². The summed E-state index contributed by atoms with van der Waals surface area (Å²) in [5.41, 5.74) is 2.11. The van der Waals surface area contributed by atoms with Crippen molar-refractivity contribution in [3.63, 3.8) is 0 Å². The minimum absolute atomic E-state index is 0.0370. The highest BCUT2D eigenvalue weighted by Crippen LogP contribution is 2.27. The number of aldehydes is 1. The Labute approximate surface area is 154 Å². The van der Waals surface area contributed by atoms with Crippen LogP contribution in [0, 0.1) is 5.92 Å². The Morgan fingerprint density at radius 3 is 2.16 bits per heavy atom. The highest BCUT2D eigenvalue weighted by atomic mass is 16.7. The molecule has 142 valence electrons. The van der Waals surface area contributed by atoms with Crippen molar-refractivity contribution in [2.45, 2.75) is 65.6 Å². The first-order chi connectivity index (χ1) is 12.2. The van der Waals surface area contributed by atoms with Crippen LogP contribution in [0.5, 0.6) is 0 Å². The first kappa shape index (κ1) is 23.5. The molecule has 0 aliphatic heterocycles. The number of carbonyl (C=O) groups excluding carboxylic acids is 1. The molecule has 0 heterocycles. The fourth-order valence-electron chi connectivity index (χ4n) is 3.05. The molecule has 0 amide bonds. The van der Waals surface area contributed by atoms with Gasteiger partial charge in [-0.15, -0.1) is 13.2 Å². The lowest BCUT2D eigenvalue weighted by atomic mass is 9.84. The van der Waals surface area contributed by atoms with Gasteiger partial charge in [-0.1, -0.05) is 56.4 Å². The minimum atomic E-state index is -0.0370. The molecule has 1 fully saturated rings.